The molecule has 1 unspecified atom stereocenters. The van der Waals surface area contributed by atoms with Crippen LogP contribution in [0.2, 0.25) is 0 Å². The molecule has 0 heterocycles. The molecule has 2 heteroatoms. The van der Waals surface area contributed by atoms with E-state index in [0.717, 1.165) is 17.9 Å². The van der Waals surface area contributed by atoms with Crippen molar-refractivity contribution in [2.24, 2.45) is 5.92 Å². The van der Waals surface area contributed by atoms with Crippen LogP contribution in [0.1, 0.15) is 40.0 Å². The van der Waals surface area contributed by atoms with Gasteiger partial charge in [0.05, 0.1) is 6.10 Å². The van der Waals surface area contributed by atoms with E-state index in [1.54, 1.807) is 0 Å². The molecule has 0 aromatic heterocycles. The second-order valence-corrected chi connectivity index (χ2v) is 4.14. The molecule has 0 aliphatic rings. The minimum absolute atomic E-state index is 0.383. The minimum Gasteiger partial charge on any atom is -0.379 e. The summed E-state index contributed by atoms with van der Waals surface area (Å²) in [4.78, 5) is 0. The van der Waals surface area contributed by atoms with E-state index in [9.17, 15) is 0 Å². The predicted molar refractivity (Wildman–Crippen MR) is 57.9 cm³/mol. The second-order valence-electron chi connectivity index (χ2n) is 3.49. The van der Waals surface area contributed by atoms with Gasteiger partial charge in [-0.25, -0.2) is 0 Å². The van der Waals surface area contributed by atoms with E-state index in [1.165, 1.54) is 19.3 Å². The molecule has 0 amide bonds. The first-order valence-electron chi connectivity index (χ1n) is 4.88. The Hall–Kier alpha value is 0.440. The van der Waals surface area contributed by atoms with Crippen LogP contribution >= 0.6 is 15.9 Å². The van der Waals surface area contributed by atoms with Crippen molar-refractivity contribution in [3.8, 4) is 0 Å². The number of ether oxygens (including phenoxy) is 1. The molecule has 0 aromatic rings. The molecule has 0 saturated heterocycles. The molecule has 12 heavy (non-hydrogen) atoms. The first kappa shape index (κ1) is 12.4. The van der Waals surface area contributed by atoms with E-state index >= 15 is 0 Å². The van der Waals surface area contributed by atoms with E-state index in [4.69, 9.17) is 4.74 Å². The van der Waals surface area contributed by atoms with Gasteiger partial charge >= 0.3 is 0 Å². The van der Waals surface area contributed by atoms with Gasteiger partial charge in [-0.2, -0.15) is 0 Å². The van der Waals surface area contributed by atoms with Gasteiger partial charge < -0.3 is 4.74 Å². The highest BCUT2D eigenvalue weighted by atomic mass is 79.9. The van der Waals surface area contributed by atoms with Crippen molar-refractivity contribution in [1.82, 2.24) is 0 Å². The van der Waals surface area contributed by atoms with Crippen LogP contribution in [0.5, 0.6) is 0 Å². The Balaban J connectivity index is 3.17. The van der Waals surface area contributed by atoms with E-state index in [2.05, 4.69) is 36.7 Å². The summed E-state index contributed by atoms with van der Waals surface area (Å²) in [7, 11) is 0. The average Bonchev–Trinajstić information content (AvgIpc) is 2.04. The van der Waals surface area contributed by atoms with Gasteiger partial charge in [0.2, 0.25) is 0 Å². The summed E-state index contributed by atoms with van der Waals surface area (Å²) in [5, 5.41) is 1.13. The fraction of sp³-hybridized carbons (Fsp3) is 1.00. The summed E-state index contributed by atoms with van der Waals surface area (Å²) in [5.41, 5.74) is 0. The highest BCUT2D eigenvalue weighted by molar-refractivity contribution is 9.09. The van der Waals surface area contributed by atoms with Gasteiger partial charge in [0.25, 0.3) is 0 Å². The smallest absolute Gasteiger partial charge is 0.0518 e. The molecule has 0 aliphatic carbocycles. The zero-order valence-electron chi connectivity index (χ0n) is 8.48. The lowest BCUT2D eigenvalue weighted by molar-refractivity contribution is 0.0740. The maximum absolute atomic E-state index is 5.47. The van der Waals surface area contributed by atoms with Crippen LogP contribution < -0.4 is 0 Å². The third-order valence-corrected chi connectivity index (χ3v) is 2.92. The summed E-state index contributed by atoms with van der Waals surface area (Å²) in [6, 6.07) is 0. The lowest BCUT2D eigenvalue weighted by atomic mass is 10.0. The quantitative estimate of drug-likeness (QED) is 0.485. The summed E-state index contributed by atoms with van der Waals surface area (Å²) in [5.74, 6) is 0.834. The van der Waals surface area contributed by atoms with Crippen LogP contribution in [0.3, 0.4) is 0 Å². The molecule has 0 N–H and O–H groups in total. The monoisotopic (exact) mass is 236 g/mol. The van der Waals surface area contributed by atoms with Crippen LogP contribution in [0.15, 0.2) is 0 Å². The molecule has 0 rings (SSSR count). The van der Waals surface area contributed by atoms with Crippen molar-refractivity contribution in [3.63, 3.8) is 0 Å². The molecule has 74 valence electrons. The Bertz CT molecular complexity index is 89.8. The van der Waals surface area contributed by atoms with Crippen LogP contribution in [0.4, 0.5) is 0 Å². The van der Waals surface area contributed by atoms with Crippen LogP contribution in [-0.2, 0) is 4.74 Å². The van der Waals surface area contributed by atoms with Gasteiger partial charge in [-0.15, -0.1) is 0 Å². The molecule has 0 fully saturated rings. The lowest BCUT2D eigenvalue weighted by Crippen LogP contribution is -2.07. The van der Waals surface area contributed by atoms with Gasteiger partial charge in [-0.1, -0.05) is 29.3 Å². The second kappa shape index (κ2) is 8.06. The fourth-order valence-electron chi connectivity index (χ4n) is 1.08. The number of hydrogen-bond donors (Lipinski definition) is 0. The van der Waals surface area contributed by atoms with Crippen molar-refractivity contribution in [2.75, 3.05) is 11.9 Å². The van der Waals surface area contributed by atoms with Gasteiger partial charge in [-0.05, 0) is 32.6 Å². The standard InChI is InChI=1S/C10H21BrO/c1-4-10(8-11)6-5-7-12-9(2)3/h9-10H,4-8H2,1-3H3. The highest BCUT2D eigenvalue weighted by Gasteiger charge is 2.03. The molecule has 0 aromatic carbocycles. The molecule has 0 bridgehead atoms. The van der Waals surface area contributed by atoms with Crippen molar-refractivity contribution < 1.29 is 4.74 Å². The molecule has 0 aliphatic heterocycles. The zero-order valence-corrected chi connectivity index (χ0v) is 10.1. The summed E-state index contributed by atoms with van der Waals surface area (Å²) >= 11 is 3.52. The predicted octanol–water partition coefficient (Wildman–Crippen LogP) is 3.61. The lowest BCUT2D eigenvalue weighted by Gasteiger charge is -2.12. The van der Waals surface area contributed by atoms with Crippen molar-refractivity contribution in [3.05, 3.63) is 0 Å². The zero-order chi connectivity index (χ0) is 9.40. The van der Waals surface area contributed by atoms with Gasteiger partial charge in [-0.3, -0.25) is 0 Å². The highest BCUT2D eigenvalue weighted by Crippen LogP contribution is 2.13. The maximum atomic E-state index is 5.47. The van der Waals surface area contributed by atoms with Crippen molar-refractivity contribution in [2.45, 2.75) is 46.1 Å². The Morgan fingerprint density at radius 3 is 2.42 bits per heavy atom. The molecular weight excluding hydrogens is 216 g/mol. The summed E-state index contributed by atoms with van der Waals surface area (Å²) in [6.07, 6.45) is 4.14. The fourth-order valence-corrected chi connectivity index (χ4v) is 1.86. The van der Waals surface area contributed by atoms with E-state index in [-0.39, 0.29) is 0 Å². The number of hydrogen-bond acceptors (Lipinski definition) is 1. The summed E-state index contributed by atoms with van der Waals surface area (Å²) in [6.45, 7) is 7.33. The van der Waals surface area contributed by atoms with E-state index in [1.807, 2.05) is 0 Å². The first-order chi connectivity index (χ1) is 5.70. The average molecular weight is 237 g/mol. The van der Waals surface area contributed by atoms with Gasteiger partial charge in [0.15, 0.2) is 0 Å². The Morgan fingerprint density at radius 1 is 1.33 bits per heavy atom. The topological polar surface area (TPSA) is 9.23 Å². The van der Waals surface area contributed by atoms with Crippen LogP contribution in [0.25, 0.3) is 0 Å². The van der Waals surface area contributed by atoms with Crippen LogP contribution in [0, 0.1) is 5.92 Å². The molecule has 0 saturated carbocycles. The Morgan fingerprint density at radius 2 is 2.00 bits per heavy atom. The first-order valence-corrected chi connectivity index (χ1v) is 6.00. The van der Waals surface area contributed by atoms with Crippen LogP contribution in [-0.4, -0.2) is 18.0 Å². The third-order valence-electron chi connectivity index (χ3n) is 2.00. The minimum atomic E-state index is 0.383. The number of halogens is 1. The molecule has 1 nitrogen and oxygen atoms in total. The maximum Gasteiger partial charge on any atom is 0.0518 e. The summed E-state index contributed by atoms with van der Waals surface area (Å²) < 4.78 is 5.47. The molecule has 0 radical (unpaired) electrons. The third kappa shape index (κ3) is 7.11. The number of rotatable bonds is 7. The van der Waals surface area contributed by atoms with E-state index < -0.39 is 0 Å². The Kier molecular flexibility index (Phi) is 8.35. The molecule has 0 spiro atoms. The Labute approximate surface area is 85.0 Å². The van der Waals surface area contributed by atoms with E-state index in [0.29, 0.717) is 6.10 Å². The molecule has 1 atom stereocenters. The van der Waals surface area contributed by atoms with Gasteiger partial charge in [0.1, 0.15) is 0 Å². The van der Waals surface area contributed by atoms with Crippen molar-refractivity contribution in [1.29, 1.82) is 0 Å². The molecular formula is C10H21BrO. The largest absolute Gasteiger partial charge is 0.379 e. The van der Waals surface area contributed by atoms with Gasteiger partial charge in [0, 0.05) is 11.9 Å². The SMILES string of the molecule is CCC(CBr)CCCOC(C)C. The number of alkyl halides is 1. The van der Waals surface area contributed by atoms with Crippen molar-refractivity contribution >= 4 is 15.9 Å². The normalized spacial score (nSPS) is 13.8.